The molecule has 83 heavy (non-hydrogen) atoms. The molecule has 13 rings (SSSR count). The molecule has 414 valence electrons. The van der Waals surface area contributed by atoms with Crippen LogP contribution < -0.4 is 14.5 Å². The molecule has 0 amide bonds. The largest absolute Gasteiger partial charge is 0.508 e. The van der Waals surface area contributed by atoms with E-state index < -0.39 is 76.7 Å². The first-order valence-electron chi connectivity index (χ1n) is 31.9. The van der Waals surface area contributed by atoms with E-state index in [1.807, 2.05) is 134 Å². The summed E-state index contributed by atoms with van der Waals surface area (Å²) in [7, 11) is 0. The molecule has 3 aromatic heterocycles. The number of benzene rings is 9. The van der Waals surface area contributed by atoms with E-state index >= 15 is 0 Å². The molecule has 0 spiro atoms. The molecule has 8 nitrogen and oxygen atoms in total. The van der Waals surface area contributed by atoms with Gasteiger partial charge in [-0.2, -0.15) is 6.07 Å². The fourth-order valence-electron chi connectivity index (χ4n) is 10.8. The van der Waals surface area contributed by atoms with Gasteiger partial charge >= 0.3 is 0 Å². The van der Waals surface area contributed by atoms with Gasteiger partial charge in [0.15, 0.2) is 0 Å². The number of rotatable bonds is 12. The summed E-state index contributed by atoms with van der Waals surface area (Å²) in [6.07, 6.45) is 1.75. The van der Waals surface area contributed by atoms with Crippen molar-refractivity contribution in [1.82, 2.24) is 24.5 Å². The zero-order valence-electron chi connectivity index (χ0n) is 57.2. The summed E-state index contributed by atoms with van der Waals surface area (Å²) in [6, 6.07) is 55.1. The van der Waals surface area contributed by atoms with E-state index in [4.69, 9.17) is 32.9 Å². The fraction of sp³-hybridized carbons (Fsp3) is 0.149. The molecule has 0 saturated carbocycles. The van der Waals surface area contributed by atoms with E-state index in [1.54, 1.807) is 24.4 Å². The number of pyridine rings is 1. The number of ether oxygens (including phenoxy) is 1. The minimum Gasteiger partial charge on any atom is -0.508 e. The number of fused-ring (bicyclic) bond motifs is 4. The van der Waals surface area contributed by atoms with Crippen LogP contribution in [-0.4, -0.2) is 31.2 Å². The summed E-state index contributed by atoms with van der Waals surface area (Å²) in [5.41, 5.74) is 4.95. The normalized spacial score (nSPS) is 14.2. The molecule has 0 fully saturated rings. The molecular weight excluding hydrogens is 1200 g/mol. The Morgan fingerprint density at radius 3 is 1.65 bits per heavy atom. The van der Waals surface area contributed by atoms with Crippen LogP contribution in [0.25, 0.3) is 61.3 Å². The number of hydrogen-bond donors (Lipinski definition) is 0. The van der Waals surface area contributed by atoms with Crippen LogP contribution in [0.1, 0.15) is 90.5 Å². The van der Waals surface area contributed by atoms with Crippen molar-refractivity contribution in [1.29, 1.82) is 0 Å². The van der Waals surface area contributed by atoms with Crippen molar-refractivity contribution >= 4 is 44.6 Å². The van der Waals surface area contributed by atoms with Crippen molar-refractivity contribution in [3.05, 3.63) is 278 Å². The van der Waals surface area contributed by atoms with E-state index in [1.165, 1.54) is 0 Å². The first-order valence-corrected chi connectivity index (χ1v) is 26.9. The minimum absolute atomic E-state index is 0. The van der Waals surface area contributed by atoms with Gasteiger partial charge in [0.25, 0.3) is 0 Å². The summed E-state index contributed by atoms with van der Waals surface area (Å²) < 4.78 is 99.6. The van der Waals surface area contributed by atoms with Crippen molar-refractivity contribution in [3.8, 4) is 51.0 Å². The summed E-state index contributed by atoms with van der Waals surface area (Å²) in [5, 5.41) is 1.80. The Kier molecular flexibility index (Phi) is 12.1. The molecule has 0 aliphatic carbocycles. The first-order chi connectivity index (χ1) is 43.4. The second-order valence-electron chi connectivity index (χ2n) is 22.3. The maximum Gasteiger partial charge on any atom is 0.141 e. The predicted octanol–water partition coefficient (Wildman–Crippen LogP) is 18.4. The molecule has 9 aromatic carbocycles. The van der Waals surface area contributed by atoms with Gasteiger partial charge in [-0.05, 0) is 114 Å². The van der Waals surface area contributed by atoms with Gasteiger partial charge < -0.3 is 26.5 Å². The monoisotopic (exact) mass is 1270 g/mol. The fourth-order valence-corrected chi connectivity index (χ4v) is 10.8. The van der Waals surface area contributed by atoms with Crippen LogP contribution in [0.4, 0.5) is 22.7 Å². The minimum atomic E-state index is -0.703. The van der Waals surface area contributed by atoms with Crippen LogP contribution in [-0.2, 0) is 37.3 Å². The van der Waals surface area contributed by atoms with Gasteiger partial charge in [-0.15, -0.1) is 35.7 Å². The second-order valence-corrected chi connectivity index (χ2v) is 22.3. The third kappa shape index (κ3) is 10.3. The number of nitrogens with zero attached hydrogens (tertiary/aromatic N) is 7. The van der Waals surface area contributed by atoms with Crippen LogP contribution >= 0.6 is 0 Å². The molecule has 1 aliphatic heterocycles. The van der Waals surface area contributed by atoms with Crippen molar-refractivity contribution in [2.45, 2.75) is 64.7 Å². The Bertz CT molecular complexity index is 4690. The third-order valence-corrected chi connectivity index (χ3v) is 15.3. The van der Waals surface area contributed by atoms with Crippen molar-refractivity contribution in [2.24, 2.45) is 0 Å². The van der Waals surface area contributed by atoms with Crippen molar-refractivity contribution in [3.63, 3.8) is 0 Å². The topological polar surface area (TPSA) is 72.2 Å². The number of hydrogen-bond acceptors (Lipinski definition) is 7. The predicted molar refractivity (Wildman–Crippen MR) is 337 cm³/mol. The average Bonchev–Trinajstić information content (AvgIpc) is 1.71. The Morgan fingerprint density at radius 1 is 0.518 bits per heavy atom. The summed E-state index contributed by atoms with van der Waals surface area (Å²) in [5.74, 6) is 2.71. The Morgan fingerprint density at radius 2 is 1.07 bits per heavy atom. The van der Waals surface area contributed by atoms with Gasteiger partial charge in [0, 0.05) is 66.2 Å². The van der Waals surface area contributed by atoms with Crippen molar-refractivity contribution < 1.29 is 39.5 Å². The Hall–Kier alpha value is -8.97. The van der Waals surface area contributed by atoms with Gasteiger partial charge in [0.2, 0.25) is 0 Å². The molecule has 0 radical (unpaired) electrons. The van der Waals surface area contributed by atoms with Gasteiger partial charge in [0.05, 0.1) is 37.4 Å². The van der Waals surface area contributed by atoms with Gasteiger partial charge in [-0.3, -0.25) is 0 Å². The third-order valence-electron chi connectivity index (χ3n) is 15.3. The molecule has 0 bridgehead atoms. The van der Waals surface area contributed by atoms with Crippen LogP contribution in [0.3, 0.4) is 0 Å². The maximum absolute atomic E-state index is 9.41. The molecule has 0 saturated heterocycles. The zero-order valence-corrected chi connectivity index (χ0v) is 49.5. The van der Waals surface area contributed by atoms with E-state index in [9.17, 15) is 5.48 Å². The van der Waals surface area contributed by atoms with Gasteiger partial charge in [-0.1, -0.05) is 189 Å². The summed E-state index contributed by atoms with van der Waals surface area (Å²) in [4.78, 5) is 24.9. The number of para-hydroxylation sites is 3. The molecule has 0 atom stereocenters. The van der Waals surface area contributed by atoms with Crippen LogP contribution in [0.15, 0.2) is 230 Å². The molecule has 12 aromatic rings. The molecule has 0 N–H and O–H groups in total. The van der Waals surface area contributed by atoms with E-state index in [-0.39, 0.29) is 68.9 Å². The van der Waals surface area contributed by atoms with Gasteiger partial charge in [-0.25, -0.2) is 19.9 Å². The second kappa shape index (κ2) is 22.4. The molecule has 4 heterocycles. The van der Waals surface area contributed by atoms with Crippen LogP contribution in [0, 0.1) is 19.6 Å². The van der Waals surface area contributed by atoms with Crippen molar-refractivity contribution in [2.75, 3.05) is 16.5 Å². The Labute approximate surface area is 516 Å². The molecule has 0 unspecified atom stereocenters. The number of aromatic nitrogens is 5. The van der Waals surface area contributed by atoms with E-state index in [0.717, 1.165) is 27.4 Å². The first kappa shape index (κ1) is 44.7. The average molecular weight is 1270 g/mol. The standard InChI is InChI=1S/C73H61N7O.CH3.Pt/c1-71(2,3)53-43-57(49-27-12-8-13-28-49)67(58(44-53)50-29-14-9-15-30-50)79-48-78(62-39-22-23-40-63(62)79)54-35-26-36-55(45-54)81-65-47-64-59(56-37-20-21-38-61(56)80(64)66-41-24-25-42-74-66)46-60(65)68-75-69(72(4,5)51-31-16-10-17-32-51)77-70(76-68)73(6,7)52-33-18-11-19-34-52;;/h8-44,46H,48H2,1-7H3;1H3;/q-2;-1;/i8D,9D,12D,13D,14D,15D,27D,28D,29D,30D;;. The molecule has 9 heteroatoms. The van der Waals surface area contributed by atoms with Crippen LogP contribution in [0.5, 0.6) is 11.5 Å². The zero-order chi connectivity index (χ0) is 64.2. The van der Waals surface area contributed by atoms with E-state index in [0.29, 0.717) is 62.7 Å². The SMILES string of the molecule is [2H]c1c([2H])c([2H])c(-c2cc(C(C)(C)C)cc(-c3c([2H])c([2H])c([2H])c([2H])c3[2H])c2N2CN(c3[c-]c(Oc4[c-]c5c(cc4-c4nc(C(C)(C)c6ccccc6)nc(C(C)(C)c6ccccc6)n4)c4ccccc4n5-c4ccccn4)ccc3)c3ccccc32)c([2H])c1[2H].[CH3-].[Pt]. The summed E-state index contributed by atoms with van der Waals surface area (Å²) >= 11 is 0. The van der Waals surface area contributed by atoms with Crippen LogP contribution in [0.2, 0.25) is 0 Å². The van der Waals surface area contributed by atoms with E-state index in [2.05, 4.69) is 86.9 Å². The Balaban J connectivity index is 0.00000442. The quantitative estimate of drug-likeness (QED) is 0.113. The number of anilines is 4. The maximum atomic E-state index is 9.41. The molecular formula is C74H64N7OPt-3. The summed E-state index contributed by atoms with van der Waals surface area (Å²) in [6.45, 7) is 14.3. The smallest absolute Gasteiger partial charge is 0.141 e. The molecule has 1 aliphatic rings. The van der Waals surface area contributed by atoms with Gasteiger partial charge in [0.1, 0.15) is 23.3 Å².